The molecule has 2 saturated heterocycles. The first-order valence-electron chi connectivity index (χ1n) is 29.6. The summed E-state index contributed by atoms with van der Waals surface area (Å²) < 4.78 is 12.2. The second-order valence-corrected chi connectivity index (χ2v) is 25.0. The van der Waals surface area contributed by atoms with Gasteiger partial charge in [-0.3, -0.25) is 52.7 Å². The van der Waals surface area contributed by atoms with Crippen molar-refractivity contribution in [2.24, 2.45) is 23.1 Å². The van der Waals surface area contributed by atoms with Gasteiger partial charge in [-0.1, -0.05) is 54.0 Å². The minimum Gasteiger partial charge on any atom is -0.508 e. The van der Waals surface area contributed by atoms with Crippen molar-refractivity contribution in [3.8, 4) is 28.7 Å². The van der Waals surface area contributed by atoms with Gasteiger partial charge in [-0.25, -0.2) is 4.79 Å². The molecule has 0 aliphatic carbocycles. The maximum absolute atomic E-state index is 14.8. The number of nitrogens with one attached hydrogen (secondary N) is 8. The average molecular weight is 1310 g/mol. The van der Waals surface area contributed by atoms with Crippen LogP contribution >= 0.6 is 21.6 Å². The number of carbonyl (C=O) groups is 12. The number of benzene rings is 4. The lowest BCUT2D eigenvalue weighted by atomic mass is 9.77. The number of nitrogens with two attached hydrogens (primary N) is 3. The topological polar surface area (TPSA) is 462 Å². The maximum Gasteiger partial charge on any atom is 0.340 e. The van der Waals surface area contributed by atoms with Gasteiger partial charge >= 0.3 is 5.97 Å². The van der Waals surface area contributed by atoms with Crippen molar-refractivity contribution >= 4 is 92.5 Å². The second-order valence-electron chi connectivity index (χ2n) is 22.4. The number of primary amides is 2. The van der Waals surface area contributed by atoms with Crippen LogP contribution in [0.5, 0.6) is 28.7 Å². The van der Waals surface area contributed by atoms with Gasteiger partial charge in [-0.15, -0.1) is 0 Å². The molecule has 0 bridgehead atoms. The van der Waals surface area contributed by atoms with Crippen LogP contribution in [0.4, 0.5) is 0 Å². The highest BCUT2D eigenvalue weighted by atomic mass is 33.1. The van der Waals surface area contributed by atoms with E-state index in [-0.39, 0.29) is 114 Å². The molecule has 0 aromatic heterocycles. The molecule has 17 N–H and O–H groups in total. The number of aromatic hydroxyl groups is 3. The van der Waals surface area contributed by atoms with Crippen LogP contribution in [0.15, 0.2) is 78.9 Å². The first kappa shape index (κ1) is 68.3. The van der Waals surface area contributed by atoms with E-state index in [1.165, 1.54) is 83.8 Å². The molecule has 1 spiro atoms. The Morgan fingerprint density at radius 1 is 0.750 bits per heavy atom. The van der Waals surface area contributed by atoms with Gasteiger partial charge in [0.25, 0.3) is 5.91 Å². The summed E-state index contributed by atoms with van der Waals surface area (Å²) in [6.07, 6.45) is -1.14. The minimum atomic E-state index is -1.79. The monoisotopic (exact) mass is 1310 g/mol. The molecule has 11 amide bonds. The summed E-state index contributed by atoms with van der Waals surface area (Å²) in [5, 5.41) is 51.6. The highest BCUT2D eigenvalue weighted by Crippen LogP contribution is 2.57. The Kier molecular flexibility index (Phi) is 22.6. The largest absolute Gasteiger partial charge is 0.508 e. The van der Waals surface area contributed by atoms with E-state index in [4.69, 9.17) is 26.7 Å². The molecule has 8 atom stereocenters. The first-order valence-corrected chi connectivity index (χ1v) is 32.1. The van der Waals surface area contributed by atoms with Gasteiger partial charge in [0.05, 0.1) is 18.7 Å². The number of carbonyl (C=O) groups excluding carboxylic acids is 12. The Labute approximate surface area is 534 Å². The second kappa shape index (κ2) is 30.5. The Bertz CT molecular complexity index is 3490. The molecule has 0 radical (unpaired) electrons. The van der Waals surface area contributed by atoms with Crippen LogP contribution in [0.1, 0.15) is 121 Å². The molecule has 4 aliphatic heterocycles. The Morgan fingerprint density at radius 2 is 1.41 bits per heavy atom. The van der Waals surface area contributed by atoms with Crippen molar-refractivity contribution < 1.29 is 82.3 Å². The molecule has 92 heavy (non-hydrogen) atoms. The fourth-order valence-corrected chi connectivity index (χ4v) is 13.3. The third kappa shape index (κ3) is 16.1. The van der Waals surface area contributed by atoms with Crippen LogP contribution < -0.4 is 64.5 Å². The molecule has 490 valence electrons. The molecule has 0 saturated carbocycles. The van der Waals surface area contributed by atoms with E-state index >= 15 is 0 Å². The highest BCUT2D eigenvalue weighted by Gasteiger charge is 2.54. The number of rotatable bonds is 18. The van der Waals surface area contributed by atoms with Gasteiger partial charge in [0.15, 0.2) is 5.60 Å². The fraction of sp³-hybridized carbons (Fsp3) is 0.410. The minimum absolute atomic E-state index is 0.00679. The van der Waals surface area contributed by atoms with Crippen molar-refractivity contribution in [2.45, 2.75) is 120 Å². The predicted molar refractivity (Wildman–Crippen MR) is 331 cm³/mol. The Hall–Kier alpha value is -9.62. The van der Waals surface area contributed by atoms with Crippen molar-refractivity contribution in [1.82, 2.24) is 47.4 Å². The molecule has 29 nitrogen and oxygen atoms in total. The van der Waals surface area contributed by atoms with Crippen LogP contribution in [0, 0.1) is 5.92 Å². The van der Waals surface area contributed by atoms with Gasteiger partial charge in [0, 0.05) is 71.8 Å². The van der Waals surface area contributed by atoms with E-state index in [0.717, 1.165) is 21.6 Å². The summed E-state index contributed by atoms with van der Waals surface area (Å²) in [6, 6.07) is 8.14. The summed E-state index contributed by atoms with van der Waals surface area (Å²) in [4.78, 5) is 166. The van der Waals surface area contributed by atoms with E-state index in [0.29, 0.717) is 17.5 Å². The Morgan fingerprint density at radius 3 is 2.07 bits per heavy atom. The van der Waals surface area contributed by atoms with E-state index < -0.39 is 144 Å². The number of hydrogen-bond acceptors (Lipinski definition) is 20. The van der Waals surface area contributed by atoms with Crippen molar-refractivity contribution in [3.05, 3.63) is 112 Å². The van der Waals surface area contributed by atoms with Crippen molar-refractivity contribution in [2.75, 3.05) is 31.3 Å². The van der Waals surface area contributed by atoms with Crippen LogP contribution in [0.25, 0.3) is 0 Å². The van der Waals surface area contributed by atoms with Crippen LogP contribution in [0.3, 0.4) is 0 Å². The summed E-state index contributed by atoms with van der Waals surface area (Å²) in [5.74, 6) is -10.9. The third-order valence-corrected chi connectivity index (χ3v) is 18.4. The smallest absolute Gasteiger partial charge is 0.340 e. The molecule has 4 aromatic rings. The van der Waals surface area contributed by atoms with Crippen LogP contribution in [0.2, 0.25) is 0 Å². The molecule has 31 heteroatoms. The number of amides is 11. The zero-order chi connectivity index (χ0) is 66.6. The van der Waals surface area contributed by atoms with Crippen molar-refractivity contribution in [3.63, 3.8) is 0 Å². The summed E-state index contributed by atoms with van der Waals surface area (Å²) in [5.41, 5.74) is 16.5. The lowest BCUT2D eigenvalue weighted by Crippen LogP contribution is -2.61. The molecule has 4 aromatic carbocycles. The normalized spacial score (nSPS) is 21.5. The van der Waals surface area contributed by atoms with Crippen LogP contribution in [-0.4, -0.2) is 159 Å². The molecule has 8 rings (SSSR count). The van der Waals surface area contributed by atoms with Crippen molar-refractivity contribution in [1.29, 1.82) is 0 Å². The van der Waals surface area contributed by atoms with Gasteiger partial charge in [-0.05, 0) is 98.2 Å². The maximum atomic E-state index is 14.8. The quantitative estimate of drug-likeness (QED) is 0.0273. The standard InChI is InChI=1S/C61H72N12O17S2/c1-3-30(2)50-57(85)68-41(18-19-47(63)77)54(82)69-42(27-48(64)78)55(83)70-43(28-92-91-23-20-49(79)71-51(58(86)72-50)31-8-11-33(74)12-9-31)59(87)73-22-5-7-44(73)56(84)67-40(53(81)66-29-62)6-4-21-65-52(80)32-10-15-36-39(24-32)61(90-60(36)88)37-16-13-34(75)25-45(37)89-46-26-35(76)14-17-38(46)61/h8-17,24-26,30,40-44,50-51,74-76H,3-7,18-23,27-29,62H2,1-2H3,(H2,63,77)(H2,64,78)(H,65,80)(H,66,81)(H,67,84)(H,68,85)(H,69,82)(H,70,83)(H,71,79)(H,72,86)/t30?,40-,41+,42+,43+,44+,50+,51-/m0/s1. The van der Waals surface area contributed by atoms with Gasteiger partial charge < -0.3 is 89.4 Å². The summed E-state index contributed by atoms with van der Waals surface area (Å²) >= 11 is 0. The average Bonchev–Trinajstić information content (AvgIpc) is 1.47. The number of phenols is 3. The number of phenolic OH excluding ortho intramolecular Hbond substituents is 3. The number of hydrogen-bond donors (Lipinski definition) is 14. The number of esters is 1. The molecule has 4 heterocycles. The van der Waals surface area contributed by atoms with Gasteiger partial charge in [0.1, 0.15) is 71.0 Å². The molecular weight excluding hydrogens is 1240 g/mol. The summed E-state index contributed by atoms with van der Waals surface area (Å²) in [6.45, 7) is 3.02. The molecule has 1 unspecified atom stereocenters. The number of likely N-dealkylation sites (tertiary alicyclic amines) is 1. The predicted octanol–water partition coefficient (Wildman–Crippen LogP) is 0.158. The first-order chi connectivity index (χ1) is 43.9. The number of fused-ring (bicyclic) bond motifs is 6. The zero-order valence-corrected chi connectivity index (χ0v) is 51.7. The molecular formula is C61H72N12O17S2. The SMILES string of the molecule is CCC(C)[C@H]1NC(=O)[C@H](c2ccc(O)cc2)NC(=O)CCSSC[C@H](C(=O)N2CCC[C@@H]2C(=O)N[C@@H](CCCNC(=O)c2ccc3c(c2)C2(OC3=O)c3ccc(O)cc3Oc3cc(O)ccc32)C(=O)NCN)NC(=O)[C@@H](CC(N)=O)NC(=O)[C@@H](CCC(N)=O)NC1=O. The lowest BCUT2D eigenvalue weighted by molar-refractivity contribution is -0.142. The summed E-state index contributed by atoms with van der Waals surface area (Å²) in [7, 11) is 2.15. The number of nitrogens with zero attached hydrogens (tertiary/aromatic N) is 1. The van der Waals surface area contributed by atoms with Crippen LogP contribution in [-0.2, 0) is 58.3 Å². The van der Waals surface area contributed by atoms with E-state index in [9.17, 15) is 72.9 Å². The van der Waals surface area contributed by atoms with Gasteiger partial charge in [-0.2, -0.15) is 0 Å². The third-order valence-electron chi connectivity index (χ3n) is 16.0. The fourth-order valence-electron chi connectivity index (χ4n) is 11.1. The highest BCUT2D eigenvalue weighted by molar-refractivity contribution is 8.76. The van der Waals surface area contributed by atoms with Gasteiger partial charge in [0.2, 0.25) is 59.1 Å². The van der Waals surface area contributed by atoms with E-state index in [1.807, 2.05) is 0 Å². The lowest BCUT2D eigenvalue weighted by Gasteiger charge is -2.36. The van der Waals surface area contributed by atoms with E-state index in [2.05, 4.69) is 42.5 Å². The number of ether oxygens (including phenoxy) is 2. The zero-order valence-electron chi connectivity index (χ0n) is 50.1. The Balaban J connectivity index is 0.979. The molecule has 2 fully saturated rings. The van der Waals surface area contributed by atoms with E-state index in [1.54, 1.807) is 13.8 Å². The molecule has 4 aliphatic rings.